The number of hydrogen-bond acceptors (Lipinski definition) is 5. The summed E-state index contributed by atoms with van der Waals surface area (Å²) in [4.78, 5) is 8.91. The molecule has 1 aromatic rings. The van der Waals surface area contributed by atoms with Gasteiger partial charge in [0.25, 0.3) is 0 Å². The zero-order valence-electron chi connectivity index (χ0n) is 18.3. The van der Waals surface area contributed by atoms with E-state index in [0.717, 1.165) is 78.0 Å². The molecule has 2 saturated heterocycles. The van der Waals surface area contributed by atoms with Gasteiger partial charge in [-0.25, -0.2) is 0 Å². The molecule has 172 valence electrons. The van der Waals surface area contributed by atoms with E-state index in [9.17, 15) is 0 Å². The smallest absolute Gasteiger partial charge is 0.191 e. The standard InChI is InChI=1S/C22H38N4O2S.HI/c1-2-23-22(24-9-5-11-27-17-20-8-12-28-18-20)25-14-19-6-3-10-26(15-19)16-21-7-4-13-29-21;/h4,7,13,19-20H,2-3,5-6,8-12,14-18H2,1H3,(H2,23,24,25);1H. The Kier molecular flexibility index (Phi) is 13.3. The van der Waals surface area contributed by atoms with Crippen LogP contribution in [0, 0.1) is 11.8 Å². The zero-order chi connectivity index (χ0) is 20.2. The lowest BCUT2D eigenvalue weighted by atomic mass is 9.98. The molecule has 3 heterocycles. The number of halogens is 1. The Hall–Kier alpha value is -0.420. The minimum Gasteiger partial charge on any atom is -0.381 e. The summed E-state index contributed by atoms with van der Waals surface area (Å²) in [6.45, 7) is 11.6. The Morgan fingerprint density at radius 2 is 2.27 bits per heavy atom. The first-order valence-corrected chi connectivity index (χ1v) is 12.1. The fourth-order valence-electron chi connectivity index (χ4n) is 3.97. The number of nitrogens with one attached hydrogen (secondary N) is 2. The highest BCUT2D eigenvalue weighted by Gasteiger charge is 2.20. The third kappa shape index (κ3) is 9.80. The largest absolute Gasteiger partial charge is 0.381 e. The van der Waals surface area contributed by atoms with Crippen molar-refractivity contribution in [2.24, 2.45) is 16.8 Å². The molecular formula is C22H39IN4O2S. The first kappa shape index (κ1) is 25.8. The van der Waals surface area contributed by atoms with Crippen molar-refractivity contribution < 1.29 is 9.47 Å². The maximum atomic E-state index is 5.78. The van der Waals surface area contributed by atoms with Gasteiger partial charge in [0.1, 0.15) is 0 Å². The van der Waals surface area contributed by atoms with Crippen LogP contribution in [0.4, 0.5) is 0 Å². The van der Waals surface area contributed by atoms with Crippen LogP contribution in [0.15, 0.2) is 22.5 Å². The first-order chi connectivity index (χ1) is 14.3. The average Bonchev–Trinajstić information content (AvgIpc) is 3.43. The monoisotopic (exact) mass is 550 g/mol. The summed E-state index contributed by atoms with van der Waals surface area (Å²) in [5.74, 6) is 2.18. The Balaban J connectivity index is 0.00000320. The molecule has 6 nitrogen and oxygen atoms in total. The maximum absolute atomic E-state index is 5.78. The molecule has 0 amide bonds. The molecule has 0 radical (unpaired) electrons. The number of thiophene rings is 1. The van der Waals surface area contributed by atoms with Gasteiger partial charge in [-0.2, -0.15) is 0 Å². The molecule has 2 unspecified atom stereocenters. The third-order valence-electron chi connectivity index (χ3n) is 5.55. The summed E-state index contributed by atoms with van der Waals surface area (Å²) in [7, 11) is 0. The lowest BCUT2D eigenvalue weighted by Gasteiger charge is -2.31. The van der Waals surface area contributed by atoms with Crippen molar-refractivity contribution in [3.05, 3.63) is 22.4 Å². The van der Waals surface area contributed by atoms with Gasteiger partial charge < -0.3 is 20.1 Å². The number of piperidine rings is 1. The fourth-order valence-corrected chi connectivity index (χ4v) is 4.72. The molecule has 3 rings (SSSR count). The highest BCUT2D eigenvalue weighted by Crippen LogP contribution is 2.20. The van der Waals surface area contributed by atoms with E-state index in [-0.39, 0.29) is 24.0 Å². The van der Waals surface area contributed by atoms with Gasteiger partial charge in [-0.3, -0.25) is 9.89 Å². The van der Waals surface area contributed by atoms with Crippen LogP contribution < -0.4 is 10.6 Å². The predicted molar refractivity (Wildman–Crippen MR) is 136 cm³/mol. The van der Waals surface area contributed by atoms with Gasteiger partial charge in [0.15, 0.2) is 5.96 Å². The van der Waals surface area contributed by atoms with Crippen LogP contribution in [0.2, 0.25) is 0 Å². The predicted octanol–water partition coefficient (Wildman–Crippen LogP) is 3.58. The second-order valence-corrected chi connectivity index (χ2v) is 9.16. The Morgan fingerprint density at radius 3 is 3.03 bits per heavy atom. The number of hydrogen-bond donors (Lipinski definition) is 2. The van der Waals surface area contributed by atoms with Gasteiger partial charge in [0.05, 0.1) is 13.2 Å². The minimum absolute atomic E-state index is 0. The highest BCUT2D eigenvalue weighted by molar-refractivity contribution is 14.0. The third-order valence-corrected chi connectivity index (χ3v) is 6.41. The van der Waals surface area contributed by atoms with Crippen LogP contribution in [0.3, 0.4) is 0 Å². The van der Waals surface area contributed by atoms with E-state index in [1.165, 1.54) is 24.3 Å². The van der Waals surface area contributed by atoms with Crippen LogP contribution in [0.5, 0.6) is 0 Å². The SMILES string of the molecule is CCNC(=NCC1CCCN(Cc2cccs2)C1)NCCCOCC1CCOC1.I. The molecule has 0 aromatic carbocycles. The van der Waals surface area contributed by atoms with Crippen molar-refractivity contribution in [3.8, 4) is 0 Å². The number of aliphatic imine (C=N–C) groups is 1. The molecule has 30 heavy (non-hydrogen) atoms. The molecule has 2 atom stereocenters. The van der Waals surface area contributed by atoms with Gasteiger partial charge in [0.2, 0.25) is 0 Å². The Bertz CT molecular complexity index is 582. The van der Waals surface area contributed by atoms with E-state index < -0.39 is 0 Å². The number of nitrogens with zero attached hydrogens (tertiary/aromatic N) is 2. The summed E-state index contributed by atoms with van der Waals surface area (Å²) in [6, 6.07) is 4.39. The van der Waals surface area contributed by atoms with E-state index in [2.05, 4.69) is 40.0 Å². The summed E-state index contributed by atoms with van der Waals surface area (Å²) in [6.07, 6.45) is 4.69. The molecule has 2 fully saturated rings. The van der Waals surface area contributed by atoms with Crippen molar-refractivity contribution in [3.63, 3.8) is 0 Å². The van der Waals surface area contributed by atoms with E-state index in [4.69, 9.17) is 14.5 Å². The fraction of sp³-hybridized carbons (Fsp3) is 0.773. The van der Waals surface area contributed by atoms with Gasteiger partial charge in [-0.15, -0.1) is 35.3 Å². The van der Waals surface area contributed by atoms with Crippen molar-refractivity contribution in [2.45, 2.75) is 39.2 Å². The van der Waals surface area contributed by atoms with Crippen molar-refractivity contribution in [1.82, 2.24) is 15.5 Å². The van der Waals surface area contributed by atoms with Crippen molar-refractivity contribution in [2.75, 3.05) is 59.2 Å². The van der Waals surface area contributed by atoms with Crippen LogP contribution in [-0.2, 0) is 16.0 Å². The second kappa shape index (κ2) is 15.4. The molecule has 0 bridgehead atoms. The molecule has 0 saturated carbocycles. The quantitative estimate of drug-likeness (QED) is 0.191. The molecule has 1 aromatic heterocycles. The maximum Gasteiger partial charge on any atom is 0.191 e. The molecule has 0 aliphatic carbocycles. The zero-order valence-corrected chi connectivity index (χ0v) is 21.5. The molecule has 0 spiro atoms. The van der Waals surface area contributed by atoms with E-state index >= 15 is 0 Å². The molecule has 2 aliphatic heterocycles. The summed E-state index contributed by atoms with van der Waals surface area (Å²) < 4.78 is 11.2. The lowest BCUT2D eigenvalue weighted by Crippen LogP contribution is -2.40. The minimum atomic E-state index is 0. The van der Waals surface area contributed by atoms with Crippen molar-refractivity contribution in [1.29, 1.82) is 0 Å². The number of rotatable bonds is 11. The lowest BCUT2D eigenvalue weighted by molar-refractivity contribution is 0.0888. The topological polar surface area (TPSA) is 58.1 Å². The van der Waals surface area contributed by atoms with Gasteiger partial charge in [0, 0.05) is 56.7 Å². The van der Waals surface area contributed by atoms with Crippen LogP contribution in [0.25, 0.3) is 0 Å². The van der Waals surface area contributed by atoms with Gasteiger partial charge >= 0.3 is 0 Å². The van der Waals surface area contributed by atoms with Crippen LogP contribution in [0.1, 0.15) is 37.5 Å². The normalized spacial score (nSPS) is 22.6. The van der Waals surface area contributed by atoms with E-state index in [1.54, 1.807) is 0 Å². The highest BCUT2D eigenvalue weighted by atomic mass is 127. The van der Waals surface area contributed by atoms with Crippen LogP contribution >= 0.6 is 35.3 Å². The second-order valence-electron chi connectivity index (χ2n) is 8.13. The van der Waals surface area contributed by atoms with Crippen molar-refractivity contribution >= 4 is 41.3 Å². The molecule has 8 heteroatoms. The first-order valence-electron chi connectivity index (χ1n) is 11.3. The average molecular weight is 551 g/mol. The Labute approximate surface area is 203 Å². The summed E-state index contributed by atoms with van der Waals surface area (Å²) in [5, 5.41) is 9.00. The molecule has 2 N–H and O–H groups in total. The van der Waals surface area contributed by atoms with E-state index in [0.29, 0.717) is 11.8 Å². The van der Waals surface area contributed by atoms with Crippen LogP contribution in [-0.4, -0.2) is 70.0 Å². The number of ether oxygens (including phenoxy) is 2. The number of likely N-dealkylation sites (tertiary alicyclic amines) is 1. The van der Waals surface area contributed by atoms with E-state index in [1.807, 2.05) is 11.3 Å². The Morgan fingerprint density at radius 1 is 1.33 bits per heavy atom. The van der Waals surface area contributed by atoms with Gasteiger partial charge in [-0.05, 0) is 56.5 Å². The summed E-state index contributed by atoms with van der Waals surface area (Å²) in [5.41, 5.74) is 0. The number of guanidine groups is 1. The summed E-state index contributed by atoms with van der Waals surface area (Å²) >= 11 is 1.86. The molecular weight excluding hydrogens is 511 g/mol. The molecule has 2 aliphatic rings. The van der Waals surface area contributed by atoms with Gasteiger partial charge in [-0.1, -0.05) is 6.07 Å².